The molecule has 0 unspecified atom stereocenters. The largest absolute Gasteiger partial charge is 0.392 e. The number of fused-ring (bicyclic) bond motifs is 1. The van der Waals surface area contributed by atoms with Crippen molar-refractivity contribution in [3.8, 4) is 16.9 Å². The van der Waals surface area contributed by atoms with E-state index in [1.165, 1.54) is 23.0 Å². The van der Waals surface area contributed by atoms with Gasteiger partial charge in [-0.2, -0.15) is 9.78 Å². The van der Waals surface area contributed by atoms with Crippen molar-refractivity contribution < 1.29 is 9.50 Å². The third-order valence-corrected chi connectivity index (χ3v) is 6.56. The number of halogens is 1. The van der Waals surface area contributed by atoms with Crippen molar-refractivity contribution >= 4 is 22.3 Å². The molecule has 0 atom stereocenters. The first-order chi connectivity index (χ1) is 18.5. The maximum Gasteiger partial charge on any atom is 0.283 e. The van der Waals surface area contributed by atoms with Gasteiger partial charge in [-0.3, -0.25) is 9.59 Å². The van der Waals surface area contributed by atoms with Crippen molar-refractivity contribution in [2.24, 2.45) is 14.1 Å². The first-order valence-corrected chi connectivity index (χ1v) is 12.2. The average molecular weight is 530 g/mol. The monoisotopic (exact) mass is 529 g/mol. The lowest BCUT2D eigenvalue weighted by atomic mass is 9.86. The highest BCUT2D eigenvalue weighted by Gasteiger charge is 2.21. The lowest BCUT2D eigenvalue weighted by Crippen LogP contribution is -2.25. The molecule has 10 nitrogen and oxygen atoms in total. The van der Waals surface area contributed by atoms with Crippen molar-refractivity contribution in [1.82, 2.24) is 28.9 Å². The molecule has 0 aliphatic rings. The predicted molar refractivity (Wildman–Crippen MR) is 147 cm³/mol. The number of anilines is 2. The maximum absolute atomic E-state index is 15.2. The van der Waals surface area contributed by atoms with E-state index in [0.717, 1.165) is 10.2 Å². The van der Waals surface area contributed by atoms with Crippen molar-refractivity contribution in [3.63, 3.8) is 0 Å². The quantitative estimate of drug-likeness (QED) is 0.357. The molecule has 0 spiro atoms. The summed E-state index contributed by atoms with van der Waals surface area (Å²) in [7, 11) is 3.43. The van der Waals surface area contributed by atoms with Crippen molar-refractivity contribution in [3.05, 3.63) is 93.0 Å². The summed E-state index contributed by atoms with van der Waals surface area (Å²) in [5.74, 6) is -0.0917. The molecule has 0 aliphatic heterocycles. The summed E-state index contributed by atoms with van der Waals surface area (Å²) in [6, 6.07) is 6.43. The van der Waals surface area contributed by atoms with Crippen LogP contribution in [-0.4, -0.2) is 34.0 Å². The molecule has 4 aromatic heterocycles. The van der Waals surface area contributed by atoms with Crippen LogP contribution in [0.5, 0.6) is 0 Å². The Morgan fingerprint density at radius 1 is 1.05 bits per heavy atom. The lowest BCUT2D eigenvalue weighted by Gasteiger charge is -2.20. The van der Waals surface area contributed by atoms with Crippen LogP contribution in [0, 0.1) is 5.82 Å². The van der Waals surface area contributed by atoms with Gasteiger partial charge in [0.1, 0.15) is 17.3 Å². The molecule has 5 rings (SSSR count). The van der Waals surface area contributed by atoms with Crippen LogP contribution < -0.4 is 16.4 Å². The first-order valence-electron chi connectivity index (χ1n) is 12.2. The molecule has 4 heterocycles. The highest BCUT2D eigenvalue weighted by molar-refractivity contribution is 5.83. The molecule has 0 fully saturated rings. The van der Waals surface area contributed by atoms with Gasteiger partial charge >= 0.3 is 0 Å². The number of nitrogens with zero attached hydrogens (tertiary/aromatic N) is 6. The van der Waals surface area contributed by atoms with Crippen LogP contribution >= 0.6 is 0 Å². The Morgan fingerprint density at radius 2 is 1.82 bits per heavy atom. The van der Waals surface area contributed by atoms with Crippen LogP contribution in [0.2, 0.25) is 0 Å². The summed E-state index contributed by atoms with van der Waals surface area (Å²) >= 11 is 0. The zero-order chi connectivity index (χ0) is 28.1. The van der Waals surface area contributed by atoms with Gasteiger partial charge in [0.15, 0.2) is 5.82 Å². The highest BCUT2D eigenvalue weighted by atomic mass is 19.1. The van der Waals surface area contributed by atoms with Crippen molar-refractivity contribution in [2.75, 3.05) is 5.32 Å². The number of hydrogen-bond acceptors (Lipinski definition) is 7. The molecule has 0 amide bonds. The number of imidazole rings is 1. The van der Waals surface area contributed by atoms with E-state index >= 15 is 4.39 Å². The number of benzene rings is 1. The fourth-order valence-electron chi connectivity index (χ4n) is 4.47. The predicted octanol–water partition coefficient (Wildman–Crippen LogP) is 3.55. The third kappa shape index (κ3) is 4.72. The van der Waals surface area contributed by atoms with E-state index in [2.05, 4.69) is 20.4 Å². The summed E-state index contributed by atoms with van der Waals surface area (Å²) in [6.07, 6.45) is 7.85. The minimum atomic E-state index is -0.692. The normalized spacial score (nSPS) is 11.8. The van der Waals surface area contributed by atoms with E-state index in [9.17, 15) is 14.7 Å². The van der Waals surface area contributed by atoms with Crippen LogP contribution in [0.3, 0.4) is 0 Å². The Balaban J connectivity index is 1.66. The minimum absolute atomic E-state index is 0.0642. The van der Waals surface area contributed by atoms with E-state index < -0.39 is 18.0 Å². The van der Waals surface area contributed by atoms with Crippen LogP contribution in [-0.2, 0) is 26.1 Å². The van der Waals surface area contributed by atoms with E-state index in [4.69, 9.17) is 0 Å². The topological polar surface area (TPSA) is 120 Å². The molecule has 5 aromatic rings. The van der Waals surface area contributed by atoms with Gasteiger partial charge in [-0.25, -0.2) is 14.4 Å². The number of hydrogen-bond donors (Lipinski definition) is 2. The number of aliphatic hydroxyl groups is 1. The lowest BCUT2D eigenvalue weighted by molar-refractivity contribution is 0.281. The van der Waals surface area contributed by atoms with Crippen molar-refractivity contribution in [1.29, 1.82) is 0 Å². The van der Waals surface area contributed by atoms with Gasteiger partial charge in [0, 0.05) is 49.2 Å². The van der Waals surface area contributed by atoms with Gasteiger partial charge in [0.2, 0.25) is 0 Å². The third-order valence-electron chi connectivity index (χ3n) is 6.56. The van der Waals surface area contributed by atoms with Gasteiger partial charge in [-0.1, -0.05) is 20.8 Å². The van der Waals surface area contributed by atoms with Crippen molar-refractivity contribution in [2.45, 2.75) is 32.8 Å². The molecule has 200 valence electrons. The van der Waals surface area contributed by atoms with E-state index in [-0.39, 0.29) is 27.9 Å². The summed E-state index contributed by atoms with van der Waals surface area (Å²) in [5.41, 5.74) is 1.13. The van der Waals surface area contributed by atoms with Crippen LogP contribution in [0.25, 0.3) is 27.7 Å². The fraction of sp³-hybridized carbons (Fsp3) is 0.250. The van der Waals surface area contributed by atoms with E-state index in [1.54, 1.807) is 48.5 Å². The molecular formula is C28H28FN7O3. The second-order valence-corrected chi connectivity index (χ2v) is 10.5. The van der Waals surface area contributed by atoms with Gasteiger partial charge < -0.3 is 19.6 Å². The number of rotatable bonds is 5. The number of aromatic nitrogens is 6. The molecule has 2 N–H and O–H groups in total. The average Bonchev–Trinajstić information content (AvgIpc) is 3.30. The zero-order valence-electron chi connectivity index (χ0n) is 22.2. The van der Waals surface area contributed by atoms with Gasteiger partial charge in [0.05, 0.1) is 24.5 Å². The summed E-state index contributed by atoms with van der Waals surface area (Å²) in [4.78, 5) is 34.8. The Labute approximate surface area is 223 Å². The maximum atomic E-state index is 15.2. The summed E-state index contributed by atoms with van der Waals surface area (Å²) in [5, 5.41) is 18.0. The van der Waals surface area contributed by atoms with Gasteiger partial charge in [-0.05, 0) is 40.8 Å². The first kappa shape index (κ1) is 26.0. The molecule has 39 heavy (non-hydrogen) atoms. The molecule has 0 radical (unpaired) electrons. The number of aliphatic hydroxyl groups excluding tert-OH is 1. The SMILES string of the molecule is Cn1cnc(Nc2cc(-c3ccnc(-n4ncc5cc(C(C)(C)C)cc(F)c5c4=O)c3CO)cn(C)c2=O)c1. The minimum Gasteiger partial charge on any atom is -0.392 e. The summed E-state index contributed by atoms with van der Waals surface area (Å²) in [6.45, 7) is 5.40. The number of aryl methyl sites for hydroxylation is 2. The number of nitrogens with one attached hydrogen (secondary N) is 1. The van der Waals surface area contributed by atoms with Crippen LogP contribution in [0.1, 0.15) is 31.9 Å². The molecular weight excluding hydrogens is 501 g/mol. The Hall–Kier alpha value is -4.64. The fourth-order valence-corrected chi connectivity index (χ4v) is 4.47. The zero-order valence-corrected chi connectivity index (χ0v) is 22.2. The molecule has 0 aliphatic carbocycles. The standard InChI is InChI=1S/C28H28FN7O3/c1-28(2,3)18-8-16-11-32-36(27(39)24(16)21(29)10-18)25-20(14-37)19(6-7-30-25)17-9-22(26(38)35(5)12-17)33-23-13-34(4)15-31-23/h6-13,15,33,37H,14H2,1-5H3. The van der Waals surface area contributed by atoms with Gasteiger partial charge in [-0.15, -0.1) is 0 Å². The van der Waals surface area contributed by atoms with E-state index in [0.29, 0.717) is 27.9 Å². The number of pyridine rings is 2. The molecule has 11 heteroatoms. The smallest absolute Gasteiger partial charge is 0.283 e. The Morgan fingerprint density at radius 3 is 2.49 bits per heavy atom. The Kier molecular flexibility index (Phi) is 6.39. The summed E-state index contributed by atoms with van der Waals surface area (Å²) < 4.78 is 19.4. The Bertz CT molecular complexity index is 1850. The molecule has 1 aromatic carbocycles. The molecule has 0 saturated carbocycles. The highest BCUT2D eigenvalue weighted by Crippen LogP contribution is 2.30. The second kappa shape index (κ2) is 9.59. The second-order valence-electron chi connectivity index (χ2n) is 10.5. The molecule has 0 bridgehead atoms. The molecule has 0 saturated heterocycles. The van der Waals surface area contributed by atoms with Crippen LogP contribution in [0.4, 0.5) is 15.9 Å². The van der Waals surface area contributed by atoms with Crippen LogP contribution in [0.15, 0.2) is 65.0 Å². The van der Waals surface area contributed by atoms with Gasteiger partial charge in [0.25, 0.3) is 11.1 Å². The van der Waals surface area contributed by atoms with E-state index in [1.807, 2.05) is 27.8 Å².